The monoisotopic (exact) mass is 448 g/mol. The molecule has 2 aromatic carbocycles. The summed E-state index contributed by atoms with van der Waals surface area (Å²) < 4.78 is 13.9. The molecule has 176 valence electrons. The van der Waals surface area contributed by atoms with Crippen LogP contribution < -0.4 is 4.74 Å². The topological polar surface area (TPSA) is 43.7 Å². The standard InChI is InChI=1S/C28H36N2O3/c1-7-32-26-10-8-9-24-23(26)15-25(27(31)29-16-19(2)33-20(3)17-29)30(24)18-21-11-13-22(14-12-21)28(4,5)6/h8-15,19-20H,7,16-18H2,1-6H3. The Labute approximate surface area is 197 Å². The zero-order valence-electron chi connectivity index (χ0n) is 20.7. The molecule has 5 nitrogen and oxygen atoms in total. The molecule has 2 unspecified atom stereocenters. The summed E-state index contributed by atoms with van der Waals surface area (Å²) in [6, 6.07) is 16.8. The lowest BCUT2D eigenvalue weighted by Crippen LogP contribution is -2.48. The van der Waals surface area contributed by atoms with Crippen molar-refractivity contribution in [1.29, 1.82) is 0 Å². The van der Waals surface area contributed by atoms with Crippen LogP contribution in [-0.2, 0) is 16.7 Å². The highest BCUT2D eigenvalue weighted by Gasteiger charge is 2.29. The van der Waals surface area contributed by atoms with E-state index < -0.39 is 0 Å². The molecule has 0 N–H and O–H groups in total. The Balaban J connectivity index is 1.76. The third-order valence-electron chi connectivity index (χ3n) is 6.29. The smallest absolute Gasteiger partial charge is 0.270 e. The number of amides is 1. The van der Waals surface area contributed by atoms with Gasteiger partial charge in [0.15, 0.2) is 0 Å². The third-order valence-corrected chi connectivity index (χ3v) is 6.29. The highest BCUT2D eigenvalue weighted by atomic mass is 16.5. The molecule has 1 amide bonds. The minimum Gasteiger partial charge on any atom is -0.493 e. The first-order valence-corrected chi connectivity index (χ1v) is 12.0. The summed E-state index contributed by atoms with van der Waals surface area (Å²) in [6.07, 6.45) is 0.0545. The first kappa shape index (κ1) is 23.4. The second kappa shape index (κ2) is 9.22. The molecule has 1 saturated heterocycles. The Hall–Kier alpha value is -2.79. The quantitative estimate of drug-likeness (QED) is 0.508. The number of hydrogen-bond acceptors (Lipinski definition) is 3. The molecule has 1 aliphatic rings. The zero-order chi connectivity index (χ0) is 23.8. The van der Waals surface area contributed by atoms with Gasteiger partial charge in [0.1, 0.15) is 11.4 Å². The minimum absolute atomic E-state index is 0.0273. The second-order valence-corrected chi connectivity index (χ2v) is 10.2. The minimum atomic E-state index is 0.0273. The molecule has 0 spiro atoms. The molecule has 1 fully saturated rings. The predicted octanol–water partition coefficient (Wildman–Crippen LogP) is 5.64. The fourth-order valence-electron chi connectivity index (χ4n) is 4.68. The Morgan fingerprint density at radius 1 is 1.06 bits per heavy atom. The first-order valence-electron chi connectivity index (χ1n) is 12.0. The van der Waals surface area contributed by atoms with Crippen LogP contribution in [0, 0.1) is 0 Å². The Kier molecular flexibility index (Phi) is 6.53. The molecule has 3 aromatic rings. The predicted molar refractivity (Wildman–Crippen MR) is 133 cm³/mol. The summed E-state index contributed by atoms with van der Waals surface area (Å²) in [5.41, 5.74) is 4.28. The summed E-state index contributed by atoms with van der Waals surface area (Å²) in [6.45, 7) is 15.1. The van der Waals surface area contributed by atoms with Gasteiger partial charge in [-0.25, -0.2) is 0 Å². The van der Waals surface area contributed by atoms with Gasteiger partial charge < -0.3 is 18.9 Å². The van der Waals surface area contributed by atoms with Crippen molar-refractivity contribution in [1.82, 2.24) is 9.47 Å². The molecule has 2 atom stereocenters. The lowest BCUT2D eigenvalue weighted by atomic mass is 9.87. The molecular formula is C28H36N2O3. The van der Waals surface area contributed by atoms with Crippen molar-refractivity contribution in [2.45, 2.75) is 65.7 Å². The number of ether oxygens (including phenoxy) is 2. The summed E-state index contributed by atoms with van der Waals surface area (Å²) in [7, 11) is 0. The Bertz CT molecular complexity index is 1110. The number of benzene rings is 2. The van der Waals surface area contributed by atoms with Gasteiger partial charge in [-0.05, 0) is 55.5 Å². The van der Waals surface area contributed by atoms with Crippen molar-refractivity contribution in [3.05, 3.63) is 65.4 Å². The van der Waals surface area contributed by atoms with Gasteiger partial charge in [-0.1, -0.05) is 51.1 Å². The van der Waals surface area contributed by atoms with Crippen molar-refractivity contribution in [3.63, 3.8) is 0 Å². The molecule has 0 aliphatic carbocycles. The number of carbonyl (C=O) groups excluding carboxylic acids is 1. The number of fused-ring (bicyclic) bond motifs is 1. The van der Waals surface area contributed by atoms with Gasteiger partial charge in [-0.2, -0.15) is 0 Å². The maximum absolute atomic E-state index is 13.7. The fraction of sp³-hybridized carbons (Fsp3) is 0.464. The molecule has 0 bridgehead atoms. The SMILES string of the molecule is CCOc1cccc2c1cc(C(=O)N1CC(C)OC(C)C1)n2Cc1ccc(C(C)(C)C)cc1. The molecule has 5 heteroatoms. The average Bonchev–Trinajstić information content (AvgIpc) is 3.12. The van der Waals surface area contributed by atoms with E-state index in [1.165, 1.54) is 11.1 Å². The van der Waals surface area contributed by atoms with E-state index in [1.807, 2.05) is 43.9 Å². The Morgan fingerprint density at radius 2 is 1.73 bits per heavy atom. The van der Waals surface area contributed by atoms with Crippen LogP contribution >= 0.6 is 0 Å². The summed E-state index contributed by atoms with van der Waals surface area (Å²) in [4.78, 5) is 15.7. The van der Waals surface area contributed by atoms with E-state index in [0.29, 0.717) is 31.9 Å². The normalized spacial score (nSPS) is 19.2. The van der Waals surface area contributed by atoms with Crippen LogP contribution in [-0.4, -0.2) is 47.3 Å². The van der Waals surface area contributed by atoms with Gasteiger partial charge in [-0.3, -0.25) is 4.79 Å². The summed E-state index contributed by atoms with van der Waals surface area (Å²) in [5.74, 6) is 0.858. The number of carbonyl (C=O) groups is 1. The van der Waals surface area contributed by atoms with Gasteiger partial charge in [0.2, 0.25) is 0 Å². The van der Waals surface area contributed by atoms with E-state index in [-0.39, 0.29) is 23.5 Å². The van der Waals surface area contributed by atoms with E-state index in [2.05, 4.69) is 55.7 Å². The number of nitrogens with zero attached hydrogens (tertiary/aromatic N) is 2. The molecule has 4 rings (SSSR count). The maximum atomic E-state index is 13.7. The number of hydrogen-bond donors (Lipinski definition) is 0. The molecule has 0 radical (unpaired) electrons. The van der Waals surface area contributed by atoms with Crippen molar-refractivity contribution >= 4 is 16.8 Å². The fourth-order valence-corrected chi connectivity index (χ4v) is 4.68. The van der Waals surface area contributed by atoms with E-state index in [4.69, 9.17) is 9.47 Å². The molecule has 2 heterocycles. The van der Waals surface area contributed by atoms with Crippen LogP contribution in [0.4, 0.5) is 0 Å². The molecule has 1 aromatic heterocycles. The van der Waals surface area contributed by atoms with Crippen LogP contribution in [0.5, 0.6) is 5.75 Å². The highest BCUT2D eigenvalue weighted by molar-refractivity contribution is 6.00. The van der Waals surface area contributed by atoms with Gasteiger partial charge in [-0.15, -0.1) is 0 Å². The van der Waals surface area contributed by atoms with Crippen LogP contribution in [0.3, 0.4) is 0 Å². The molecule has 0 saturated carbocycles. The van der Waals surface area contributed by atoms with Crippen LogP contribution in [0.25, 0.3) is 10.9 Å². The van der Waals surface area contributed by atoms with Crippen molar-refractivity contribution in [3.8, 4) is 5.75 Å². The number of rotatable bonds is 5. The summed E-state index contributed by atoms with van der Waals surface area (Å²) in [5, 5.41) is 0.975. The van der Waals surface area contributed by atoms with Crippen molar-refractivity contribution in [2.24, 2.45) is 0 Å². The van der Waals surface area contributed by atoms with Crippen molar-refractivity contribution in [2.75, 3.05) is 19.7 Å². The molecule has 33 heavy (non-hydrogen) atoms. The highest BCUT2D eigenvalue weighted by Crippen LogP contribution is 2.31. The molecular weight excluding hydrogens is 412 g/mol. The van der Waals surface area contributed by atoms with Gasteiger partial charge in [0.25, 0.3) is 5.91 Å². The zero-order valence-corrected chi connectivity index (χ0v) is 20.7. The maximum Gasteiger partial charge on any atom is 0.270 e. The number of aromatic nitrogens is 1. The van der Waals surface area contributed by atoms with Crippen LogP contribution in [0.2, 0.25) is 0 Å². The van der Waals surface area contributed by atoms with Crippen LogP contribution in [0.1, 0.15) is 63.2 Å². The van der Waals surface area contributed by atoms with Crippen LogP contribution in [0.15, 0.2) is 48.5 Å². The van der Waals surface area contributed by atoms with Gasteiger partial charge in [0, 0.05) is 25.0 Å². The second-order valence-electron chi connectivity index (χ2n) is 10.2. The molecule has 1 aliphatic heterocycles. The van der Waals surface area contributed by atoms with Gasteiger partial charge in [0.05, 0.1) is 24.3 Å². The average molecular weight is 449 g/mol. The largest absolute Gasteiger partial charge is 0.493 e. The third kappa shape index (κ3) is 4.93. The van der Waals surface area contributed by atoms with E-state index in [0.717, 1.165) is 16.7 Å². The lowest BCUT2D eigenvalue weighted by Gasteiger charge is -2.35. The van der Waals surface area contributed by atoms with E-state index >= 15 is 0 Å². The lowest BCUT2D eigenvalue weighted by molar-refractivity contribution is -0.0588. The van der Waals surface area contributed by atoms with Gasteiger partial charge >= 0.3 is 0 Å². The van der Waals surface area contributed by atoms with Crippen molar-refractivity contribution < 1.29 is 14.3 Å². The van der Waals surface area contributed by atoms with E-state index in [9.17, 15) is 4.79 Å². The Morgan fingerprint density at radius 3 is 2.33 bits per heavy atom. The van der Waals surface area contributed by atoms with E-state index in [1.54, 1.807) is 0 Å². The summed E-state index contributed by atoms with van der Waals surface area (Å²) >= 11 is 0. The first-order chi connectivity index (χ1) is 15.7. The number of morpholine rings is 1.